The normalized spacial score (nSPS) is 14.9. The van der Waals surface area contributed by atoms with Crippen molar-refractivity contribution >= 4 is 11.8 Å². The van der Waals surface area contributed by atoms with E-state index in [0.717, 1.165) is 32.1 Å². The van der Waals surface area contributed by atoms with Crippen molar-refractivity contribution in [3.63, 3.8) is 0 Å². The van der Waals surface area contributed by atoms with Crippen LogP contribution in [0.3, 0.4) is 0 Å². The largest absolute Gasteiger partial charge is 0.348 e. The summed E-state index contributed by atoms with van der Waals surface area (Å²) in [5.41, 5.74) is 0. The maximum absolute atomic E-state index is 11.1. The summed E-state index contributed by atoms with van der Waals surface area (Å²) in [4.78, 5) is 22.3. The number of nitrogens with one attached hydrogen (secondary N) is 2. The van der Waals surface area contributed by atoms with Crippen LogP contribution in [-0.4, -0.2) is 24.4 Å². The first-order valence-electron chi connectivity index (χ1n) is 5.32. The minimum atomic E-state index is -0.493. The maximum atomic E-state index is 11.1. The zero-order valence-electron chi connectivity index (χ0n) is 8.64. The second-order valence-corrected chi connectivity index (χ2v) is 3.71. The molecule has 4 nitrogen and oxygen atoms in total. The Hall–Kier alpha value is -1.06. The fraction of sp³-hybridized carbons (Fsp3) is 0.800. The number of carbonyl (C=O) groups is 2. The summed E-state index contributed by atoms with van der Waals surface area (Å²) in [5.74, 6) is -0.975. The molecule has 1 fully saturated rings. The molecule has 0 aromatic heterocycles. The average Bonchev–Trinajstić information content (AvgIpc) is 2.96. The van der Waals surface area contributed by atoms with Crippen molar-refractivity contribution in [3.05, 3.63) is 0 Å². The van der Waals surface area contributed by atoms with E-state index in [1.165, 1.54) is 0 Å². The van der Waals surface area contributed by atoms with Crippen LogP contribution in [-0.2, 0) is 9.59 Å². The third-order valence-electron chi connectivity index (χ3n) is 2.18. The van der Waals surface area contributed by atoms with Gasteiger partial charge >= 0.3 is 11.8 Å². The van der Waals surface area contributed by atoms with E-state index < -0.39 is 11.8 Å². The highest BCUT2D eigenvalue weighted by atomic mass is 16.2. The summed E-state index contributed by atoms with van der Waals surface area (Å²) in [5, 5.41) is 5.24. The van der Waals surface area contributed by atoms with Crippen molar-refractivity contribution in [3.8, 4) is 0 Å². The molecular weight excluding hydrogens is 180 g/mol. The van der Waals surface area contributed by atoms with Crippen molar-refractivity contribution in [2.75, 3.05) is 6.54 Å². The molecule has 0 bridgehead atoms. The Kier molecular flexibility index (Phi) is 4.43. The smallest absolute Gasteiger partial charge is 0.309 e. The molecule has 0 aromatic rings. The third kappa shape index (κ3) is 4.25. The second kappa shape index (κ2) is 5.62. The highest BCUT2D eigenvalue weighted by Gasteiger charge is 2.25. The Morgan fingerprint density at radius 2 is 1.93 bits per heavy atom. The molecule has 0 atom stereocenters. The quantitative estimate of drug-likeness (QED) is 0.501. The zero-order chi connectivity index (χ0) is 10.4. The van der Waals surface area contributed by atoms with E-state index in [-0.39, 0.29) is 6.04 Å². The summed E-state index contributed by atoms with van der Waals surface area (Å²) in [7, 11) is 0. The molecule has 0 aliphatic heterocycles. The van der Waals surface area contributed by atoms with Crippen LogP contribution >= 0.6 is 0 Å². The Morgan fingerprint density at radius 3 is 2.50 bits per heavy atom. The number of carbonyl (C=O) groups excluding carboxylic acids is 2. The molecule has 0 radical (unpaired) electrons. The molecule has 1 rings (SSSR count). The van der Waals surface area contributed by atoms with Crippen LogP contribution in [0.4, 0.5) is 0 Å². The van der Waals surface area contributed by atoms with Gasteiger partial charge in [-0.1, -0.05) is 19.8 Å². The summed E-state index contributed by atoms with van der Waals surface area (Å²) < 4.78 is 0. The maximum Gasteiger partial charge on any atom is 0.309 e. The van der Waals surface area contributed by atoms with Crippen molar-refractivity contribution in [1.29, 1.82) is 0 Å². The van der Waals surface area contributed by atoms with Gasteiger partial charge in [-0.15, -0.1) is 0 Å². The lowest BCUT2D eigenvalue weighted by Crippen LogP contribution is -2.41. The highest BCUT2D eigenvalue weighted by molar-refractivity contribution is 6.35. The Balaban J connectivity index is 2.04. The van der Waals surface area contributed by atoms with Crippen molar-refractivity contribution in [2.45, 2.75) is 45.1 Å². The fourth-order valence-electron chi connectivity index (χ4n) is 1.14. The van der Waals surface area contributed by atoms with Crippen LogP contribution in [0.5, 0.6) is 0 Å². The molecule has 1 aliphatic rings. The first-order chi connectivity index (χ1) is 6.74. The lowest BCUT2D eigenvalue weighted by Gasteiger charge is -2.04. The van der Waals surface area contributed by atoms with Crippen LogP contribution in [0, 0.1) is 0 Å². The summed E-state index contributed by atoms with van der Waals surface area (Å²) >= 11 is 0. The lowest BCUT2D eigenvalue weighted by molar-refractivity contribution is -0.139. The van der Waals surface area contributed by atoms with Gasteiger partial charge in [0.25, 0.3) is 0 Å². The molecule has 1 aliphatic carbocycles. The van der Waals surface area contributed by atoms with Gasteiger partial charge in [0.1, 0.15) is 0 Å². The molecule has 2 amide bonds. The molecule has 0 aromatic carbocycles. The number of unbranched alkanes of at least 4 members (excludes halogenated alkanes) is 2. The topological polar surface area (TPSA) is 58.2 Å². The second-order valence-electron chi connectivity index (χ2n) is 3.71. The molecule has 0 heterocycles. The molecule has 14 heavy (non-hydrogen) atoms. The van der Waals surface area contributed by atoms with E-state index in [1.807, 2.05) is 0 Å². The molecule has 1 saturated carbocycles. The molecule has 0 saturated heterocycles. The lowest BCUT2D eigenvalue weighted by atomic mass is 10.2. The van der Waals surface area contributed by atoms with Gasteiger partial charge in [0, 0.05) is 12.6 Å². The monoisotopic (exact) mass is 198 g/mol. The van der Waals surface area contributed by atoms with Gasteiger partial charge in [-0.05, 0) is 19.3 Å². The van der Waals surface area contributed by atoms with Crippen LogP contribution in [0.25, 0.3) is 0 Å². The van der Waals surface area contributed by atoms with E-state index in [9.17, 15) is 9.59 Å². The van der Waals surface area contributed by atoms with Crippen molar-refractivity contribution in [2.24, 2.45) is 0 Å². The first-order valence-corrected chi connectivity index (χ1v) is 5.32. The predicted octanol–water partition coefficient (Wildman–Crippen LogP) is 0.571. The Morgan fingerprint density at radius 1 is 1.21 bits per heavy atom. The Bertz CT molecular complexity index is 212. The van der Waals surface area contributed by atoms with E-state index in [0.29, 0.717) is 6.54 Å². The van der Waals surface area contributed by atoms with Gasteiger partial charge in [0.05, 0.1) is 0 Å². The van der Waals surface area contributed by atoms with Crippen LogP contribution < -0.4 is 10.6 Å². The van der Waals surface area contributed by atoms with Crippen LogP contribution in [0.1, 0.15) is 39.0 Å². The predicted molar refractivity (Wildman–Crippen MR) is 53.7 cm³/mol. The zero-order valence-corrected chi connectivity index (χ0v) is 8.64. The third-order valence-corrected chi connectivity index (χ3v) is 2.18. The minimum Gasteiger partial charge on any atom is -0.348 e. The van der Waals surface area contributed by atoms with Crippen molar-refractivity contribution < 1.29 is 9.59 Å². The number of rotatable bonds is 5. The van der Waals surface area contributed by atoms with Gasteiger partial charge in [-0.25, -0.2) is 0 Å². The van der Waals surface area contributed by atoms with E-state index in [4.69, 9.17) is 0 Å². The van der Waals surface area contributed by atoms with Crippen molar-refractivity contribution in [1.82, 2.24) is 10.6 Å². The van der Waals surface area contributed by atoms with Gasteiger partial charge in [-0.2, -0.15) is 0 Å². The minimum absolute atomic E-state index is 0.254. The number of hydrogen-bond donors (Lipinski definition) is 2. The van der Waals surface area contributed by atoms with E-state index in [1.54, 1.807) is 0 Å². The number of hydrogen-bond acceptors (Lipinski definition) is 2. The summed E-state index contributed by atoms with van der Waals surface area (Å²) in [6.07, 6.45) is 5.16. The first kappa shape index (κ1) is 11.0. The van der Waals surface area contributed by atoms with Crippen LogP contribution in [0.15, 0.2) is 0 Å². The molecule has 0 spiro atoms. The molecule has 2 N–H and O–H groups in total. The van der Waals surface area contributed by atoms with E-state index >= 15 is 0 Å². The van der Waals surface area contributed by atoms with Gasteiger partial charge in [0.2, 0.25) is 0 Å². The van der Waals surface area contributed by atoms with Crippen LogP contribution in [0.2, 0.25) is 0 Å². The summed E-state index contributed by atoms with van der Waals surface area (Å²) in [6.45, 7) is 2.70. The number of amides is 2. The molecular formula is C10H18N2O2. The average molecular weight is 198 g/mol. The molecule has 0 unspecified atom stereocenters. The van der Waals surface area contributed by atoms with Gasteiger partial charge in [0.15, 0.2) is 0 Å². The SMILES string of the molecule is CCCCCNC(=O)C(=O)NC1CC1. The molecule has 80 valence electrons. The molecule has 4 heteroatoms. The fourth-order valence-corrected chi connectivity index (χ4v) is 1.14. The Labute approximate surface area is 84.4 Å². The standard InChI is InChI=1S/C10H18N2O2/c1-2-3-4-7-11-9(13)10(14)12-8-5-6-8/h8H,2-7H2,1H3,(H,11,13)(H,12,14). The van der Waals surface area contributed by atoms with Gasteiger partial charge in [-0.3, -0.25) is 9.59 Å². The van der Waals surface area contributed by atoms with Gasteiger partial charge < -0.3 is 10.6 Å². The van der Waals surface area contributed by atoms with E-state index in [2.05, 4.69) is 17.6 Å². The summed E-state index contributed by atoms with van der Waals surface area (Å²) in [6, 6.07) is 0.254. The highest BCUT2D eigenvalue weighted by Crippen LogP contribution is 2.18.